The summed E-state index contributed by atoms with van der Waals surface area (Å²) in [7, 11) is 0. The normalized spacial score (nSPS) is 10.6. The zero-order valence-corrected chi connectivity index (χ0v) is 10.5. The lowest BCUT2D eigenvalue weighted by molar-refractivity contribution is 0.102. The van der Waals surface area contributed by atoms with Crippen molar-refractivity contribution in [2.75, 3.05) is 5.32 Å². The van der Waals surface area contributed by atoms with Gasteiger partial charge in [-0.1, -0.05) is 11.6 Å². The van der Waals surface area contributed by atoms with Crippen LogP contribution in [0, 0.1) is 0 Å². The van der Waals surface area contributed by atoms with Gasteiger partial charge in [-0.15, -0.1) is 0 Å². The molecule has 3 aromatic rings. The van der Waals surface area contributed by atoms with Crippen LogP contribution in [0.1, 0.15) is 10.4 Å². The smallest absolute Gasteiger partial charge is 0.256 e. The number of amides is 1. The Labute approximate surface area is 113 Å². The molecule has 1 aromatic carbocycles. The van der Waals surface area contributed by atoms with E-state index in [0.29, 0.717) is 16.4 Å². The maximum Gasteiger partial charge on any atom is 0.256 e. The Hall–Kier alpha value is -2.40. The van der Waals surface area contributed by atoms with Gasteiger partial charge >= 0.3 is 0 Å². The number of anilines is 1. The highest BCUT2D eigenvalue weighted by Gasteiger charge is 2.08. The van der Waals surface area contributed by atoms with Gasteiger partial charge in [0.15, 0.2) is 0 Å². The fourth-order valence-electron chi connectivity index (χ4n) is 1.72. The first kappa shape index (κ1) is 11.7. The summed E-state index contributed by atoms with van der Waals surface area (Å²) < 4.78 is 0. The van der Waals surface area contributed by atoms with Gasteiger partial charge in [-0.3, -0.25) is 4.79 Å². The van der Waals surface area contributed by atoms with Crippen molar-refractivity contribution < 1.29 is 4.79 Å². The molecule has 0 aliphatic rings. The third-order valence-electron chi connectivity index (χ3n) is 2.65. The zero-order valence-electron chi connectivity index (χ0n) is 9.72. The van der Waals surface area contributed by atoms with E-state index in [9.17, 15) is 4.79 Å². The van der Waals surface area contributed by atoms with Crippen molar-refractivity contribution in [2.45, 2.75) is 0 Å². The number of hydrogen-bond acceptors (Lipinski definition) is 3. The molecule has 0 fully saturated rings. The summed E-state index contributed by atoms with van der Waals surface area (Å²) in [6.45, 7) is 0. The molecular weight excluding hydrogens is 264 g/mol. The number of aromatic nitrogens is 3. The standard InChI is InChI=1S/C13H9ClN4O/c14-9-2-4-12(15-6-9)18-13(19)8-1-3-10-11(5-8)17-7-16-10/h1-7H,(H,16,17)(H,15,18,19). The van der Waals surface area contributed by atoms with E-state index < -0.39 is 0 Å². The largest absolute Gasteiger partial charge is 0.345 e. The van der Waals surface area contributed by atoms with Crippen molar-refractivity contribution in [1.29, 1.82) is 0 Å². The number of halogens is 1. The molecule has 19 heavy (non-hydrogen) atoms. The second-order valence-corrected chi connectivity index (χ2v) is 4.39. The topological polar surface area (TPSA) is 70.7 Å². The molecule has 0 aliphatic carbocycles. The Morgan fingerprint density at radius 2 is 2.11 bits per heavy atom. The van der Waals surface area contributed by atoms with Crippen LogP contribution in [0.4, 0.5) is 5.82 Å². The minimum absolute atomic E-state index is 0.230. The molecule has 2 N–H and O–H groups in total. The molecule has 0 spiro atoms. The lowest BCUT2D eigenvalue weighted by Gasteiger charge is -2.04. The third kappa shape index (κ3) is 2.41. The van der Waals surface area contributed by atoms with Crippen molar-refractivity contribution in [3.63, 3.8) is 0 Å². The molecule has 2 heterocycles. The first-order chi connectivity index (χ1) is 9.22. The quantitative estimate of drug-likeness (QED) is 0.753. The highest BCUT2D eigenvalue weighted by atomic mass is 35.5. The number of nitrogens with zero attached hydrogens (tertiary/aromatic N) is 2. The maximum atomic E-state index is 12.0. The molecule has 0 unspecified atom stereocenters. The van der Waals surface area contributed by atoms with E-state index >= 15 is 0 Å². The van der Waals surface area contributed by atoms with Crippen molar-refractivity contribution >= 4 is 34.4 Å². The van der Waals surface area contributed by atoms with Crippen molar-refractivity contribution in [3.8, 4) is 0 Å². The van der Waals surface area contributed by atoms with Crippen molar-refractivity contribution in [1.82, 2.24) is 15.0 Å². The van der Waals surface area contributed by atoms with Gasteiger partial charge in [-0.25, -0.2) is 9.97 Å². The van der Waals surface area contributed by atoms with Gasteiger partial charge in [0.1, 0.15) is 5.82 Å². The molecule has 0 atom stereocenters. The number of carbonyl (C=O) groups excluding carboxylic acids is 1. The van der Waals surface area contributed by atoms with Gasteiger partial charge in [0.05, 0.1) is 22.4 Å². The van der Waals surface area contributed by atoms with E-state index in [1.807, 2.05) is 0 Å². The number of fused-ring (bicyclic) bond motifs is 1. The van der Waals surface area contributed by atoms with Crippen LogP contribution in [0.5, 0.6) is 0 Å². The van der Waals surface area contributed by atoms with Gasteiger partial charge < -0.3 is 10.3 Å². The molecule has 5 nitrogen and oxygen atoms in total. The highest BCUT2D eigenvalue weighted by Crippen LogP contribution is 2.14. The van der Waals surface area contributed by atoms with E-state index in [-0.39, 0.29) is 5.91 Å². The zero-order chi connectivity index (χ0) is 13.2. The Kier molecular flexibility index (Phi) is 2.89. The summed E-state index contributed by atoms with van der Waals surface area (Å²) in [5, 5.41) is 3.22. The van der Waals surface area contributed by atoms with Crippen LogP contribution in [0.3, 0.4) is 0 Å². The monoisotopic (exact) mass is 272 g/mol. The maximum absolute atomic E-state index is 12.0. The molecular formula is C13H9ClN4O. The molecule has 94 valence electrons. The van der Waals surface area contributed by atoms with E-state index in [1.165, 1.54) is 6.20 Å². The molecule has 0 saturated carbocycles. The number of pyridine rings is 1. The number of hydrogen-bond donors (Lipinski definition) is 2. The summed E-state index contributed by atoms with van der Waals surface area (Å²) >= 11 is 5.73. The number of benzene rings is 1. The number of H-pyrrole nitrogens is 1. The van der Waals surface area contributed by atoms with Crippen LogP contribution in [-0.4, -0.2) is 20.9 Å². The highest BCUT2D eigenvalue weighted by molar-refractivity contribution is 6.30. The van der Waals surface area contributed by atoms with E-state index in [4.69, 9.17) is 11.6 Å². The van der Waals surface area contributed by atoms with Gasteiger partial charge in [-0.2, -0.15) is 0 Å². The number of imidazole rings is 1. The van der Waals surface area contributed by atoms with Gasteiger partial charge in [0.2, 0.25) is 0 Å². The lowest BCUT2D eigenvalue weighted by Crippen LogP contribution is -2.12. The second-order valence-electron chi connectivity index (χ2n) is 3.95. The summed E-state index contributed by atoms with van der Waals surface area (Å²) in [5.74, 6) is 0.227. The molecule has 2 aromatic heterocycles. The first-order valence-corrected chi connectivity index (χ1v) is 5.96. The van der Waals surface area contributed by atoms with Crippen LogP contribution in [0.15, 0.2) is 42.9 Å². The molecule has 0 radical (unpaired) electrons. The predicted molar refractivity (Wildman–Crippen MR) is 73.3 cm³/mol. The molecule has 0 bridgehead atoms. The summed E-state index contributed by atoms with van der Waals surface area (Å²) in [5.41, 5.74) is 2.17. The third-order valence-corrected chi connectivity index (χ3v) is 2.87. The van der Waals surface area contributed by atoms with Gasteiger partial charge in [-0.05, 0) is 30.3 Å². The SMILES string of the molecule is O=C(Nc1ccc(Cl)cn1)c1ccc2nc[nH]c2c1. The molecule has 6 heteroatoms. The second kappa shape index (κ2) is 4.70. The van der Waals surface area contributed by atoms with Gasteiger partial charge in [0, 0.05) is 11.8 Å². The van der Waals surface area contributed by atoms with Crippen molar-refractivity contribution in [3.05, 3.63) is 53.4 Å². The predicted octanol–water partition coefficient (Wildman–Crippen LogP) is 2.86. The Morgan fingerprint density at radius 1 is 1.21 bits per heavy atom. The average molecular weight is 273 g/mol. The van der Waals surface area contributed by atoms with Crippen molar-refractivity contribution in [2.24, 2.45) is 0 Å². The number of rotatable bonds is 2. The molecule has 1 amide bonds. The number of aromatic amines is 1. The molecule has 0 aliphatic heterocycles. The average Bonchev–Trinajstić information content (AvgIpc) is 2.88. The van der Waals surface area contributed by atoms with Crippen LogP contribution in [0.2, 0.25) is 5.02 Å². The van der Waals surface area contributed by atoms with Crippen LogP contribution in [-0.2, 0) is 0 Å². The minimum atomic E-state index is -0.230. The fraction of sp³-hybridized carbons (Fsp3) is 0. The lowest BCUT2D eigenvalue weighted by atomic mass is 10.2. The number of carbonyl (C=O) groups is 1. The van der Waals surface area contributed by atoms with Crippen LogP contribution in [0.25, 0.3) is 11.0 Å². The minimum Gasteiger partial charge on any atom is -0.345 e. The van der Waals surface area contributed by atoms with E-state index in [2.05, 4.69) is 20.3 Å². The van der Waals surface area contributed by atoms with E-state index in [1.54, 1.807) is 36.7 Å². The Bertz CT molecular complexity index is 736. The van der Waals surface area contributed by atoms with E-state index in [0.717, 1.165) is 11.0 Å². The van der Waals surface area contributed by atoms with Crippen LogP contribution >= 0.6 is 11.6 Å². The summed E-state index contributed by atoms with van der Waals surface area (Å²) in [6.07, 6.45) is 3.07. The fourth-order valence-corrected chi connectivity index (χ4v) is 1.83. The summed E-state index contributed by atoms with van der Waals surface area (Å²) in [6, 6.07) is 8.56. The Morgan fingerprint density at radius 3 is 2.89 bits per heavy atom. The summed E-state index contributed by atoms with van der Waals surface area (Å²) in [4.78, 5) is 23.1. The number of nitrogens with one attached hydrogen (secondary N) is 2. The molecule has 0 saturated heterocycles. The first-order valence-electron chi connectivity index (χ1n) is 5.58. The van der Waals surface area contributed by atoms with Gasteiger partial charge in [0.25, 0.3) is 5.91 Å². The molecule has 3 rings (SSSR count). The van der Waals surface area contributed by atoms with Crippen LogP contribution < -0.4 is 5.32 Å². The Balaban J connectivity index is 1.84.